The number of likely N-dealkylation sites (tertiary alicyclic amines) is 1. The first-order valence-corrected chi connectivity index (χ1v) is 9.76. The summed E-state index contributed by atoms with van der Waals surface area (Å²) in [7, 11) is 3.70. The molecule has 0 amide bonds. The first-order chi connectivity index (χ1) is 13.1. The largest absolute Gasteiger partial charge is 0.496 e. The fourth-order valence-electron chi connectivity index (χ4n) is 3.69. The summed E-state index contributed by atoms with van der Waals surface area (Å²) in [4.78, 5) is 7.25. The van der Waals surface area contributed by atoms with Gasteiger partial charge in [0.1, 0.15) is 5.75 Å². The Morgan fingerprint density at radius 1 is 1.41 bits per heavy atom. The Morgan fingerprint density at radius 2 is 2.26 bits per heavy atom. The lowest BCUT2D eigenvalue weighted by Crippen LogP contribution is -2.40. The molecule has 1 aliphatic heterocycles. The van der Waals surface area contributed by atoms with Crippen LogP contribution in [0.2, 0.25) is 0 Å². The molecule has 1 unspecified atom stereocenters. The van der Waals surface area contributed by atoms with Crippen LogP contribution in [0.1, 0.15) is 36.0 Å². The molecule has 1 saturated heterocycles. The van der Waals surface area contributed by atoms with Crippen LogP contribution in [0.25, 0.3) is 0 Å². The lowest BCUT2D eigenvalue weighted by Gasteiger charge is -2.21. The lowest BCUT2D eigenvalue weighted by molar-refractivity contribution is 0.409. The minimum atomic E-state index is 0.527. The van der Waals surface area contributed by atoms with Crippen LogP contribution in [-0.2, 0) is 13.5 Å². The van der Waals surface area contributed by atoms with Crippen LogP contribution in [0.4, 0.5) is 0 Å². The van der Waals surface area contributed by atoms with Crippen molar-refractivity contribution in [3.8, 4) is 5.75 Å². The van der Waals surface area contributed by atoms with Crippen LogP contribution in [0.15, 0.2) is 35.6 Å². The second kappa shape index (κ2) is 8.93. The summed E-state index contributed by atoms with van der Waals surface area (Å²) < 4.78 is 7.37. The number of nitrogens with one attached hydrogen (secondary N) is 1. The van der Waals surface area contributed by atoms with E-state index < -0.39 is 0 Å². The number of ether oxygens (including phenoxy) is 1. The van der Waals surface area contributed by atoms with Gasteiger partial charge >= 0.3 is 0 Å². The number of hydrogen-bond donors (Lipinski definition) is 1. The highest BCUT2D eigenvalue weighted by atomic mass is 16.5. The number of aryl methyl sites for hydroxylation is 2. The molecule has 0 spiro atoms. The summed E-state index contributed by atoms with van der Waals surface area (Å²) in [5.41, 5.74) is 3.78. The van der Waals surface area contributed by atoms with Crippen molar-refractivity contribution in [2.24, 2.45) is 12.0 Å². The van der Waals surface area contributed by atoms with Crippen LogP contribution < -0.4 is 10.1 Å². The van der Waals surface area contributed by atoms with Crippen molar-refractivity contribution in [2.75, 3.05) is 33.3 Å². The highest BCUT2D eigenvalue weighted by molar-refractivity contribution is 5.80. The summed E-state index contributed by atoms with van der Waals surface area (Å²) in [5, 5.41) is 7.77. The highest BCUT2D eigenvalue weighted by Crippen LogP contribution is 2.26. The normalized spacial score (nSPS) is 17.4. The molecule has 0 radical (unpaired) electrons. The van der Waals surface area contributed by atoms with Crippen LogP contribution >= 0.6 is 0 Å². The van der Waals surface area contributed by atoms with Crippen molar-refractivity contribution in [1.29, 1.82) is 0 Å². The maximum Gasteiger partial charge on any atom is 0.193 e. The summed E-state index contributed by atoms with van der Waals surface area (Å²) in [5.74, 6) is 2.48. The van der Waals surface area contributed by atoms with Gasteiger partial charge in [0.2, 0.25) is 0 Å². The first kappa shape index (κ1) is 19.3. The zero-order valence-corrected chi connectivity index (χ0v) is 16.9. The van der Waals surface area contributed by atoms with Crippen LogP contribution in [0.5, 0.6) is 5.75 Å². The predicted molar refractivity (Wildman–Crippen MR) is 110 cm³/mol. The molecule has 1 aromatic heterocycles. The third-order valence-corrected chi connectivity index (χ3v) is 5.10. The van der Waals surface area contributed by atoms with Gasteiger partial charge in [-0.05, 0) is 43.9 Å². The maximum absolute atomic E-state index is 5.49. The molecule has 2 aromatic rings. The van der Waals surface area contributed by atoms with Crippen LogP contribution in [-0.4, -0.2) is 53.9 Å². The van der Waals surface area contributed by atoms with E-state index in [9.17, 15) is 0 Å². The molecule has 6 nitrogen and oxygen atoms in total. The Morgan fingerprint density at radius 3 is 2.96 bits per heavy atom. The number of methoxy groups -OCH3 is 1. The van der Waals surface area contributed by atoms with Crippen molar-refractivity contribution in [2.45, 2.75) is 32.6 Å². The van der Waals surface area contributed by atoms with Crippen molar-refractivity contribution in [3.05, 3.63) is 47.3 Å². The van der Waals surface area contributed by atoms with E-state index in [1.165, 1.54) is 16.7 Å². The average Bonchev–Trinajstić information content (AvgIpc) is 3.30. The third kappa shape index (κ3) is 4.81. The molecule has 6 heteroatoms. The Labute approximate surface area is 162 Å². The van der Waals surface area contributed by atoms with Crippen molar-refractivity contribution >= 4 is 5.96 Å². The summed E-state index contributed by atoms with van der Waals surface area (Å²) in [6, 6.07) is 6.31. The van der Waals surface area contributed by atoms with Crippen molar-refractivity contribution < 1.29 is 4.74 Å². The molecule has 0 bridgehead atoms. The SMILES string of the molecule is CCNC(=NCCc1cc(C)ccc1OC)N1CCC(c2cnn(C)c2)C1. The van der Waals surface area contributed by atoms with Gasteiger partial charge < -0.3 is 15.0 Å². The predicted octanol–water partition coefficient (Wildman–Crippen LogP) is 2.73. The van der Waals surface area contributed by atoms with Crippen LogP contribution in [0, 0.1) is 6.92 Å². The number of benzene rings is 1. The average molecular weight is 370 g/mol. The van der Waals surface area contributed by atoms with E-state index in [1.54, 1.807) is 7.11 Å². The molecule has 27 heavy (non-hydrogen) atoms. The zero-order valence-electron chi connectivity index (χ0n) is 16.9. The molecule has 1 aliphatic rings. The molecule has 0 aliphatic carbocycles. The number of aliphatic imine (C=N–C) groups is 1. The van der Waals surface area contributed by atoms with E-state index in [2.05, 4.69) is 47.5 Å². The zero-order chi connectivity index (χ0) is 19.2. The Hall–Kier alpha value is -2.50. The van der Waals surface area contributed by atoms with Gasteiger partial charge in [-0.1, -0.05) is 17.7 Å². The fraction of sp³-hybridized carbons (Fsp3) is 0.524. The minimum Gasteiger partial charge on any atom is -0.496 e. The van der Waals surface area contributed by atoms with E-state index in [4.69, 9.17) is 9.73 Å². The molecular formula is C21H31N5O. The number of guanidine groups is 1. The molecule has 1 fully saturated rings. The quantitative estimate of drug-likeness (QED) is 0.628. The minimum absolute atomic E-state index is 0.527. The number of nitrogens with zero attached hydrogens (tertiary/aromatic N) is 4. The van der Waals surface area contributed by atoms with E-state index >= 15 is 0 Å². The fourth-order valence-corrected chi connectivity index (χ4v) is 3.69. The van der Waals surface area contributed by atoms with Gasteiger partial charge in [-0.15, -0.1) is 0 Å². The molecule has 1 atom stereocenters. The second-order valence-corrected chi connectivity index (χ2v) is 7.18. The van der Waals surface area contributed by atoms with Gasteiger partial charge in [-0.2, -0.15) is 5.10 Å². The van der Waals surface area contributed by atoms with Gasteiger partial charge in [-0.25, -0.2) is 0 Å². The van der Waals surface area contributed by atoms with Gasteiger partial charge in [0.05, 0.1) is 13.3 Å². The number of rotatable bonds is 6. The topological polar surface area (TPSA) is 54.7 Å². The van der Waals surface area contributed by atoms with Gasteiger partial charge in [-0.3, -0.25) is 9.67 Å². The number of aromatic nitrogens is 2. The van der Waals surface area contributed by atoms with Gasteiger partial charge in [0.25, 0.3) is 0 Å². The lowest BCUT2D eigenvalue weighted by atomic mass is 10.0. The van der Waals surface area contributed by atoms with Crippen LogP contribution in [0.3, 0.4) is 0 Å². The van der Waals surface area contributed by atoms with Crippen molar-refractivity contribution in [1.82, 2.24) is 20.0 Å². The maximum atomic E-state index is 5.49. The van der Waals surface area contributed by atoms with Gasteiger partial charge in [0, 0.05) is 45.3 Å². The molecule has 3 rings (SSSR count). The van der Waals surface area contributed by atoms with Crippen molar-refractivity contribution in [3.63, 3.8) is 0 Å². The molecule has 0 saturated carbocycles. The highest BCUT2D eigenvalue weighted by Gasteiger charge is 2.26. The summed E-state index contributed by atoms with van der Waals surface area (Å²) in [6.45, 7) is 7.87. The molecule has 146 valence electrons. The third-order valence-electron chi connectivity index (χ3n) is 5.10. The first-order valence-electron chi connectivity index (χ1n) is 9.76. The number of hydrogen-bond acceptors (Lipinski definition) is 3. The Bertz CT molecular complexity index is 783. The second-order valence-electron chi connectivity index (χ2n) is 7.18. The summed E-state index contributed by atoms with van der Waals surface area (Å²) >= 11 is 0. The van der Waals surface area contributed by atoms with E-state index in [-0.39, 0.29) is 0 Å². The summed E-state index contributed by atoms with van der Waals surface area (Å²) in [6.07, 6.45) is 6.13. The molecule has 1 aromatic carbocycles. The smallest absolute Gasteiger partial charge is 0.193 e. The van der Waals surface area contributed by atoms with E-state index in [0.717, 1.165) is 50.7 Å². The Balaban J connectivity index is 1.64. The Kier molecular flexibility index (Phi) is 6.37. The van der Waals surface area contributed by atoms with Gasteiger partial charge in [0.15, 0.2) is 5.96 Å². The van der Waals surface area contributed by atoms with E-state index in [1.807, 2.05) is 24.0 Å². The standard InChI is InChI=1S/C21H31N5O/c1-5-22-21(23-10-8-17-12-16(2)6-7-20(17)27-4)26-11-9-18(15-26)19-13-24-25(3)14-19/h6-7,12-14,18H,5,8-11,15H2,1-4H3,(H,22,23). The molecule has 1 N–H and O–H groups in total. The van der Waals surface area contributed by atoms with E-state index in [0.29, 0.717) is 5.92 Å². The molecule has 2 heterocycles. The monoisotopic (exact) mass is 369 g/mol. The molecular weight excluding hydrogens is 338 g/mol.